The predicted molar refractivity (Wildman–Crippen MR) is 59.7 cm³/mol. The largest absolute Gasteiger partial charge is 0.0998 e. The second-order valence-corrected chi connectivity index (χ2v) is 4.71. The molecule has 0 aliphatic heterocycles. The minimum atomic E-state index is 0.707. The van der Waals surface area contributed by atoms with Crippen molar-refractivity contribution >= 4 is 0 Å². The van der Waals surface area contributed by atoms with Gasteiger partial charge >= 0.3 is 0 Å². The van der Waals surface area contributed by atoms with E-state index in [1.54, 1.807) is 5.57 Å². The Kier molecular flexibility index (Phi) is 3.77. The van der Waals surface area contributed by atoms with Gasteiger partial charge in [0.2, 0.25) is 0 Å². The van der Waals surface area contributed by atoms with E-state index in [-0.39, 0.29) is 0 Å². The fourth-order valence-electron chi connectivity index (χ4n) is 2.14. The molecule has 0 amide bonds. The molecule has 0 heteroatoms. The van der Waals surface area contributed by atoms with Crippen molar-refractivity contribution in [3.05, 3.63) is 23.8 Å². The van der Waals surface area contributed by atoms with E-state index in [1.807, 2.05) is 0 Å². The van der Waals surface area contributed by atoms with Crippen molar-refractivity contribution in [3.8, 4) is 0 Å². The van der Waals surface area contributed by atoms with Crippen molar-refractivity contribution in [1.29, 1.82) is 0 Å². The average Bonchev–Trinajstić information content (AvgIpc) is 2.03. The Bertz CT molecular complexity index is 208. The van der Waals surface area contributed by atoms with Crippen LogP contribution in [-0.2, 0) is 0 Å². The molecule has 1 atom stereocenters. The molecule has 0 aromatic heterocycles. The molecule has 1 fully saturated rings. The van der Waals surface area contributed by atoms with Crippen molar-refractivity contribution in [2.75, 3.05) is 0 Å². The van der Waals surface area contributed by atoms with Gasteiger partial charge in [0.1, 0.15) is 0 Å². The van der Waals surface area contributed by atoms with E-state index in [0.717, 1.165) is 5.92 Å². The molecule has 0 N–H and O–H groups in total. The third-order valence-electron chi connectivity index (χ3n) is 2.83. The van der Waals surface area contributed by atoms with E-state index in [4.69, 9.17) is 0 Å². The first kappa shape index (κ1) is 10.6. The molecule has 0 aromatic carbocycles. The molecule has 0 spiro atoms. The molecule has 0 saturated heterocycles. The highest BCUT2D eigenvalue weighted by atomic mass is 14.2. The normalized spacial score (nSPS) is 26.8. The third-order valence-corrected chi connectivity index (χ3v) is 2.83. The minimum Gasteiger partial charge on any atom is -0.0998 e. The Balaban J connectivity index is 2.56. The van der Waals surface area contributed by atoms with Gasteiger partial charge in [0.15, 0.2) is 0 Å². The van der Waals surface area contributed by atoms with Crippen molar-refractivity contribution < 1.29 is 0 Å². The lowest BCUT2D eigenvalue weighted by atomic mass is 9.81. The van der Waals surface area contributed by atoms with Crippen molar-refractivity contribution in [3.63, 3.8) is 0 Å². The van der Waals surface area contributed by atoms with Crippen molar-refractivity contribution in [2.45, 2.75) is 46.5 Å². The van der Waals surface area contributed by atoms with Crippen molar-refractivity contribution in [1.82, 2.24) is 0 Å². The van der Waals surface area contributed by atoms with Crippen LogP contribution in [0, 0.1) is 11.8 Å². The highest BCUT2D eigenvalue weighted by Gasteiger charge is 2.17. The Labute approximate surface area is 82.7 Å². The zero-order valence-electron chi connectivity index (χ0n) is 9.27. The van der Waals surface area contributed by atoms with Gasteiger partial charge in [-0.25, -0.2) is 0 Å². The summed E-state index contributed by atoms with van der Waals surface area (Å²) in [6, 6.07) is 0. The van der Waals surface area contributed by atoms with Crippen LogP contribution in [0.15, 0.2) is 23.8 Å². The Morgan fingerprint density at radius 3 is 2.77 bits per heavy atom. The van der Waals surface area contributed by atoms with Gasteiger partial charge in [-0.2, -0.15) is 0 Å². The highest BCUT2D eigenvalue weighted by molar-refractivity contribution is 5.12. The molecule has 0 bridgehead atoms. The molecule has 74 valence electrons. The van der Waals surface area contributed by atoms with E-state index in [2.05, 4.69) is 33.4 Å². The minimum absolute atomic E-state index is 0.707. The average molecular weight is 178 g/mol. The summed E-state index contributed by atoms with van der Waals surface area (Å²) in [4.78, 5) is 0. The highest BCUT2D eigenvalue weighted by Crippen LogP contribution is 2.32. The molecule has 0 heterocycles. The van der Waals surface area contributed by atoms with Crippen LogP contribution in [0.5, 0.6) is 0 Å². The number of rotatable bonds is 2. The van der Waals surface area contributed by atoms with E-state index in [1.165, 1.54) is 31.3 Å². The predicted octanol–water partition coefficient (Wildman–Crippen LogP) is 4.34. The number of hydrogen-bond acceptors (Lipinski definition) is 0. The Morgan fingerprint density at radius 1 is 1.54 bits per heavy atom. The summed E-state index contributed by atoms with van der Waals surface area (Å²) in [5.74, 6) is 1.47. The van der Waals surface area contributed by atoms with Crippen LogP contribution in [0.3, 0.4) is 0 Å². The fourth-order valence-corrected chi connectivity index (χ4v) is 2.14. The molecule has 1 rings (SSSR count). The summed E-state index contributed by atoms with van der Waals surface area (Å²) in [7, 11) is 0. The maximum absolute atomic E-state index is 4.07. The second-order valence-electron chi connectivity index (χ2n) is 4.71. The topological polar surface area (TPSA) is 0 Å². The zero-order chi connectivity index (χ0) is 9.84. The third kappa shape index (κ3) is 3.38. The molecule has 1 aliphatic carbocycles. The van der Waals surface area contributed by atoms with E-state index >= 15 is 0 Å². The molecule has 0 radical (unpaired) electrons. The quantitative estimate of drug-likeness (QED) is 0.552. The monoisotopic (exact) mass is 178 g/mol. The van der Waals surface area contributed by atoms with E-state index < -0.39 is 0 Å². The van der Waals surface area contributed by atoms with Crippen LogP contribution >= 0.6 is 0 Å². The van der Waals surface area contributed by atoms with Gasteiger partial charge in [0.05, 0.1) is 0 Å². The summed E-state index contributed by atoms with van der Waals surface area (Å²) in [6.45, 7) is 10.8. The summed E-state index contributed by atoms with van der Waals surface area (Å²) < 4.78 is 0. The second kappa shape index (κ2) is 4.64. The number of allylic oxidation sites excluding steroid dienone is 3. The van der Waals surface area contributed by atoms with Crippen LogP contribution in [0.4, 0.5) is 0 Å². The molecular formula is C13H22. The van der Waals surface area contributed by atoms with Gasteiger partial charge < -0.3 is 0 Å². The Hall–Kier alpha value is -0.520. The van der Waals surface area contributed by atoms with Crippen LogP contribution in [-0.4, -0.2) is 0 Å². The lowest BCUT2D eigenvalue weighted by Gasteiger charge is -2.25. The molecule has 1 aliphatic rings. The SMILES string of the molecule is C=C(C)C1CCC/C(=C/C(C)C)C1. The maximum atomic E-state index is 4.07. The van der Waals surface area contributed by atoms with E-state index in [9.17, 15) is 0 Å². The Morgan fingerprint density at radius 2 is 2.23 bits per heavy atom. The number of hydrogen-bond donors (Lipinski definition) is 0. The summed E-state index contributed by atoms with van der Waals surface area (Å²) in [6.07, 6.45) is 7.74. The lowest BCUT2D eigenvalue weighted by molar-refractivity contribution is 0.471. The van der Waals surface area contributed by atoms with E-state index in [0.29, 0.717) is 5.92 Å². The first-order valence-electron chi connectivity index (χ1n) is 5.44. The van der Waals surface area contributed by atoms with Crippen LogP contribution in [0.1, 0.15) is 46.5 Å². The fraction of sp³-hybridized carbons (Fsp3) is 0.692. The summed E-state index contributed by atoms with van der Waals surface area (Å²) >= 11 is 0. The van der Waals surface area contributed by atoms with Gasteiger partial charge in [0.25, 0.3) is 0 Å². The standard InChI is InChI=1S/C13H22/c1-10(2)8-12-6-5-7-13(9-12)11(3)4/h8,10,13H,3,5-7,9H2,1-2,4H3/b12-8-. The zero-order valence-corrected chi connectivity index (χ0v) is 9.27. The van der Waals surface area contributed by atoms with Crippen LogP contribution < -0.4 is 0 Å². The van der Waals surface area contributed by atoms with Gasteiger partial charge in [-0.05, 0) is 44.4 Å². The van der Waals surface area contributed by atoms with Crippen LogP contribution in [0.2, 0.25) is 0 Å². The van der Waals surface area contributed by atoms with Gasteiger partial charge in [-0.3, -0.25) is 0 Å². The smallest absolute Gasteiger partial charge is 0.0171 e. The summed E-state index contributed by atoms with van der Waals surface area (Å²) in [5, 5.41) is 0. The van der Waals surface area contributed by atoms with Gasteiger partial charge in [-0.1, -0.05) is 37.6 Å². The molecular weight excluding hydrogens is 156 g/mol. The van der Waals surface area contributed by atoms with Gasteiger partial charge in [0, 0.05) is 0 Å². The summed E-state index contributed by atoms with van der Waals surface area (Å²) in [5.41, 5.74) is 3.03. The van der Waals surface area contributed by atoms with Crippen LogP contribution in [0.25, 0.3) is 0 Å². The molecule has 13 heavy (non-hydrogen) atoms. The molecule has 1 saturated carbocycles. The maximum Gasteiger partial charge on any atom is -0.0171 e. The molecule has 1 unspecified atom stereocenters. The van der Waals surface area contributed by atoms with Gasteiger partial charge in [-0.15, -0.1) is 0 Å². The molecule has 0 nitrogen and oxygen atoms in total. The molecule has 0 aromatic rings. The lowest BCUT2D eigenvalue weighted by Crippen LogP contribution is -2.09. The first-order chi connectivity index (χ1) is 6.09. The first-order valence-corrected chi connectivity index (χ1v) is 5.44. The van der Waals surface area contributed by atoms with Crippen molar-refractivity contribution in [2.24, 2.45) is 11.8 Å².